The van der Waals surface area contributed by atoms with Gasteiger partial charge in [-0.3, -0.25) is 13.9 Å². The number of nitrogens with zero attached hydrogens (tertiary/aromatic N) is 2. The van der Waals surface area contributed by atoms with E-state index in [0.717, 1.165) is 21.0 Å². The molecule has 0 fully saturated rings. The monoisotopic (exact) mass is 597 g/mol. The molecule has 0 saturated carbocycles. The Balaban J connectivity index is 1.80. The lowest BCUT2D eigenvalue weighted by Gasteiger charge is -2.35. The van der Waals surface area contributed by atoms with Crippen LogP contribution < -0.4 is 9.62 Å². The minimum Gasteiger partial charge on any atom is -0.350 e. The normalized spacial score (nSPS) is 12.3. The maximum atomic E-state index is 14.4. The maximum Gasteiger partial charge on any atom is 0.264 e. The van der Waals surface area contributed by atoms with Crippen LogP contribution in [-0.4, -0.2) is 43.3 Å². The molecule has 4 rings (SSSR count). The lowest BCUT2D eigenvalue weighted by Crippen LogP contribution is -2.56. The number of aryl methyl sites for hydroxylation is 1. The van der Waals surface area contributed by atoms with Gasteiger partial charge in [0.15, 0.2) is 0 Å². The van der Waals surface area contributed by atoms with Crippen LogP contribution in [0.5, 0.6) is 0 Å². The van der Waals surface area contributed by atoms with E-state index in [0.29, 0.717) is 5.69 Å². The second kappa shape index (κ2) is 13.7. The molecule has 0 heterocycles. The molecule has 0 spiro atoms. The van der Waals surface area contributed by atoms with Crippen LogP contribution in [0.1, 0.15) is 37.5 Å². The van der Waals surface area contributed by atoms with Crippen molar-refractivity contribution in [1.82, 2.24) is 10.2 Å². The van der Waals surface area contributed by atoms with Gasteiger partial charge in [0.05, 0.1) is 10.6 Å². The van der Waals surface area contributed by atoms with Gasteiger partial charge in [-0.15, -0.1) is 0 Å². The van der Waals surface area contributed by atoms with E-state index < -0.39 is 34.1 Å². The highest BCUT2D eigenvalue weighted by Crippen LogP contribution is 2.26. The van der Waals surface area contributed by atoms with Crippen LogP contribution in [0.4, 0.5) is 5.69 Å². The number of nitrogens with one attached hydrogen (secondary N) is 1. The van der Waals surface area contributed by atoms with Crippen LogP contribution in [0.15, 0.2) is 120 Å². The fraction of sp³-hybridized carbons (Fsp3) is 0.257. The van der Waals surface area contributed by atoms with E-state index >= 15 is 0 Å². The van der Waals surface area contributed by atoms with Gasteiger partial charge in [0.2, 0.25) is 11.8 Å². The van der Waals surface area contributed by atoms with E-state index in [-0.39, 0.29) is 23.8 Å². The first-order valence-corrected chi connectivity index (χ1v) is 15.7. The standard InChI is InChI=1S/C35H39N3O4S/c1-27-15-14-20-30(23-27)38(43(41,42)31-21-12-7-13-22-31)26-33(39)37(25-29-18-10-6-11-19-29)32(34(40)36-35(2,3)4)24-28-16-8-5-9-17-28/h5-23,32H,24-26H2,1-4H3,(H,36,40)/t32-/m1/s1. The Bertz CT molecular complexity index is 1620. The van der Waals surface area contributed by atoms with E-state index in [4.69, 9.17) is 0 Å². The van der Waals surface area contributed by atoms with E-state index in [1.807, 2.05) is 94.4 Å². The van der Waals surface area contributed by atoms with Crippen molar-refractivity contribution < 1.29 is 18.0 Å². The maximum absolute atomic E-state index is 14.4. The first kappa shape index (κ1) is 31.5. The van der Waals surface area contributed by atoms with Gasteiger partial charge in [-0.1, -0.05) is 91.0 Å². The lowest BCUT2D eigenvalue weighted by molar-refractivity contribution is -0.140. The lowest BCUT2D eigenvalue weighted by atomic mass is 10.0. The summed E-state index contributed by atoms with van der Waals surface area (Å²) < 4.78 is 29.2. The molecule has 1 N–H and O–H groups in total. The van der Waals surface area contributed by atoms with Gasteiger partial charge in [0.1, 0.15) is 12.6 Å². The highest BCUT2D eigenvalue weighted by molar-refractivity contribution is 7.92. The quantitative estimate of drug-likeness (QED) is 0.239. The van der Waals surface area contributed by atoms with Crippen LogP contribution in [-0.2, 0) is 32.6 Å². The highest BCUT2D eigenvalue weighted by atomic mass is 32.2. The van der Waals surface area contributed by atoms with Gasteiger partial charge < -0.3 is 10.2 Å². The smallest absolute Gasteiger partial charge is 0.264 e. The largest absolute Gasteiger partial charge is 0.350 e. The number of amides is 2. The summed E-state index contributed by atoms with van der Waals surface area (Å²) in [5.74, 6) is -0.802. The summed E-state index contributed by atoms with van der Waals surface area (Å²) in [5, 5.41) is 3.04. The van der Waals surface area contributed by atoms with Crippen molar-refractivity contribution in [2.24, 2.45) is 0 Å². The number of carbonyl (C=O) groups excluding carboxylic acids is 2. The Labute approximate surface area is 255 Å². The average molecular weight is 598 g/mol. The molecule has 0 aliphatic carbocycles. The summed E-state index contributed by atoms with van der Waals surface area (Å²) in [4.78, 5) is 29.9. The summed E-state index contributed by atoms with van der Waals surface area (Å²) in [6.45, 7) is 7.18. The zero-order chi connectivity index (χ0) is 31.0. The third-order valence-corrected chi connectivity index (χ3v) is 8.65. The fourth-order valence-corrected chi connectivity index (χ4v) is 6.25. The van der Waals surface area contributed by atoms with Crippen molar-refractivity contribution in [1.29, 1.82) is 0 Å². The van der Waals surface area contributed by atoms with Crippen molar-refractivity contribution in [3.63, 3.8) is 0 Å². The van der Waals surface area contributed by atoms with Crippen LogP contribution in [0.25, 0.3) is 0 Å². The molecule has 4 aromatic rings. The van der Waals surface area contributed by atoms with E-state index in [2.05, 4.69) is 5.32 Å². The Morgan fingerprint density at radius 2 is 1.33 bits per heavy atom. The van der Waals surface area contributed by atoms with Gasteiger partial charge in [0, 0.05) is 18.5 Å². The van der Waals surface area contributed by atoms with Gasteiger partial charge in [-0.05, 0) is 68.7 Å². The Morgan fingerprint density at radius 1 is 0.767 bits per heavy atom. The average Bonchev–Trinajstić information content (AvgIpc) is 2.98. The predicted molar refractivity (Wildman–Crippen MR) is 171 cm³/mol. The molecule has 0 aliphatic heterocycles. The van der Waals surface area contributed by atoms with Crippen LogP contribution >= 0.6 is 0 Å². The molecular weight excluding hydrogens is 558 g/mol. The van der Waals surface area contributed by atoms with E-state index in [9.17, 15) is 18.0 Å². The van der Waals surface area contributed by atoms with Crippen molar-refractivity contribution in [2.75, 3.05) is 10.8 Å². The summed E-state index contributed by atoms with van der Waals surface area (Å²) in [6.07, 6.45) is 0.261. The number of hydrogen-bond acceptors (Lipinski definition) is 4. The summed E-state index contributed by atoms with van der Waals surface area (Å²) in [6, 6.07) is 33.1. The predicted octanol–water partition coefficient (Wildman–Crippen LogP) is 5.75. The third kappa shape index (κ3) is 8.55. The minimum absolute atomic E-state index is 0.0743. The third-order valence-electron chi connectivity index (χ3n) is 6.86. The van der Waals surface area contributed by atoms with E-state index in [1.165, 1.54) is 17.0 Å². The van der Waals surface area contributed by atoms with Gasteiger partial charge in [-0.2, -0.15) is 0 Å². The number of sulfonamides is 1. The summed E-state index contributed by atoms with van der Waals surface area (Å²) in [5.41, 5.74) is 2.39. The van der Waals surface area contributed by atoms with Crippen LogP contribution in [0, 0.1) is 6.92 Å². The minimum atomic E-state index is -4.12. The molecule has 7 nitrogen and oxygen atoms in total. The Morgan fingerprint density at radius 3 is 1.88 bits per heavy atom. The number of anilines is 1. The topological polar surface area (TPSA) is 86.8 Å². The summed E-state index contributed by atoms with van der Waals surface area (Å²) in [7, 11) is -4.12. The Hall–Kier alpha value is -4.43. The van der Waals surface area contributed by atoms with Crippen LogP contribution in [0.3, 0.4) is 0 Å². The first-order chi connectivity index (χ1) is 20.4. The van der Waals surface area contributed by atoms with Gasteiger partial charge >= 0.3 is 0 Å². The summed E-state index contributed by atoms with van der Waals surface area (Å²) >= 11 is 0. The molecule has 2 amide bonds. The zero-order valence-electron chi connectivity index (χ0n) is 25.1. The van der Waals surface area contributed by atoms with Crippen LogP contribution in [0.2, 0.25) is 0 Å². The first-order valence-electron chi connectivity index (χ1n) is 14.3. The molecule has 8 heteroatoms. The number of hydrogen-bond donors (Lipinski definition) is 1. The molecule has 0 saturated heterocycles. The Kier molecular flexibility index (Phi) is 10.0. The second-order valence-electron chi connectivity index (χ2n) is 11.6. The van der Waals surface area contributed by atoms with E-state index in [1.54, 1.807) is 36.4 Å². The number of benzene rings is 4. The molecule has 224 valence electrons. The van der Waals surface area contributed by atoms with Gasteiger partial charge in [0.25, 0.3) is 10.0 Å². The van der Waals surface area contributed by atoms with Gasteiger partial charge in [-0.25, -0.2) is 8.42 Å². The highest BCUT2D eigenvalue weighted by Gasteiger charge is 2.35. The molecule has 4 aromatic carbocycles. The van der Waals surface area contributed by atoms with Crippen molar-refractivity contribution >= 4 is 27.5 Å². The molecular formula is C35H39N3O4S. The molecule has 0 aromatic heterocycles. The molecule has 0 radical (unpaired) electrons. The molecule has 0 bridgehead atoms. The number of carbonyl (C=O) groups is 2. The molecule has 1 atom stereocenters. The molecule has 0 unspecified atom stereocenters. The molecule has 0 aliphatic rings. The SMILES string of the molecule is Cc1cccc(N(CC(=O)N(Cc2ccccc2)[C@H](Cc2ccccc2)C(=O)NC(C)(C)C)S(=O)(=O)c2ccccc2)c1. The zero-order valence-corrected chi connectivity index (χ0v) is 25.9. The van der Waals surface area contributed by atoms with Crippen molar-refractivity contribution in [3.8, 4) is 0 Å². The number of rotatable bonds is 11. The second-order valence-corrected chi connectivity index (χ2v) is 13.5. The molecule has 43 heavy (non-hydrogen) atoms. The van der Waals surface area contributed by atoms with Crippen molar-refractivity contribution in [2.45, 2.75) is 57.1 Å². The fourth-order valence-electron chi connectivity index (χ4n) is 4.82. The van der Waals surface area contributed by atoms with Crippen molar-refractivity contribution in [3.05, 3.63) is 132 Å².